The van der Waals surface area contributed by atoms with Crippen LogP contribution in [0.1, 0.15) is 15.9 Å². The molecule has 0 heterocycles. The van der Waals surface area contributed by atoms with Crippen molar-refractivity contribution in [3.63, 3.8) is 0 Å². The second-order valence-electron chi connectivity index (χ2n) is 5.56. The van der Waals surface area contributed by atoms with Gasteiger partial charge < -0.3 is 14.2 Å². The molecule has 152 valence electrons. The Morgan fingerprint density at radius 1 is 1.00 bits per heavy atom. The summed E-state index contributed by atoms with van der Waals surface area (Å²) in [5.41, 5.74) is 5.29. The number of hydrazine groups is 1. The molecule has 2 amide bonds. The van der Waals surface area contributed by atoms with Crippen LogP contribution in [0, 0.1) is 0 Å². The van der Waals surface area contributed by atoms with Gasteiger partial charge in [0.1, 0.15) is 11.5 Å². The molecule has 0 unspecified atom stereocenters. The van der Waals surface area contributed by atoms with Crippen LogP contribution in [0.3, 0.4) is 0 Å². The highest BCUT2D eigenvalue weighted by Gasteiger charge is 2.09. The van der Waals surface area contributed by atoms with Gasteiger partial charge in [-0.3, -0.25) is 20.4 Å². The van der Waals surface area contributed by atoms with Gasteiger partial charge in [0.15, 0.2) is 6.61 Å². The topological polar surface area (TPSA) is 103 Å². The number of hydrogen-bond acceptors (Lipinski definition) is 6. The molecule has 0 radical (unpaired) electrons. The lowest BCUT2D eigenvalue weighted by Crippen LogP contribution is -2.43. The second kappa shape index (κ2) is 10.7. The highest BCUT2D eigenvalue weighted by molar-refractivity contribution is 6.30. The summed E-state index contributed by atoms with van der Waals surface area (Å²) in [6.07, 6.45) is 2.64. The Morgan fingerprint density at radius 2 is 1.72 bits per heavy atom. The third kappa shape index (κ3) is 6.86. The van der Waals surface area contributed by atoms with Crippen molar-refractivity contribution >= 4 is 35.5 Å². The molecule has 2 aromatic rings. The number of amides is 2. The first-order valence-corrected chi connectivity index (χ1v) is 8.72. The van der Waals surface area contributed by atoms with E-state index >= 15 is 0 Å². The molecular formula is C20H19ClN2O6. The normalized spacial score (nSPS) is 10.3. The van der Waals surface area contributed by atoms with Crippen molar-refractivity contribution in [2.24, 2.45) is 0 Å². The minimum absolute atomic E-state index is 0.308. The van der Waals surface area contributed by atoms with Gasteiger partial charge in [0.05, 0.1) is 14.2 Å². The fourth-order valence-electron chi connectivity index (χ4n) is 2.13. The quantitative estimate of drug-likeness (QED) is 0.406. The maximum Gasteiger partial charge on any atom is 0.331 e. The monoisotopic (exact) mass is 418 g/mol. The summed E-state index contributed by atoms with van der Waals surface area (Å²) < 4.78 is 15.1. The van der Waals surface area contributed by atoms with Gasteiger partial charge in [0, 0.05) is 28.3 Å². The van der Waals surface area contributed by atoms with Gasteiger partial charge in [-0.15, -0.1) is 0 Å². The predicted molar refractivity (Wildman–Crippen MR) is 107 cm³/mol. The summed E-state index contributed by atoms with van der Waals surface area (Å²) in [7, 11) is 3.03. The minimum Gasteiger partial charge on any atom is -0.497 e. The van der Waals surface area contributed by atoms with Crippen molar-refractivity contribution in [3.8, 4) is 11.5 Å². The molecule has 0 aliphatic heterocycles. The Morgan fingerprint density at radius 3 is 2.38 bits per heavy atom. The number of esters is 1. The Labute approximate surface area is 172 Å². The summed E-state index contributed by atoms with van der Waals surface area (Å²) in [6.45, 7) is -0.566. The van der Waals surface area contributed by atoms with E-state index in [-0.39, 0.29) is 0 Å². The van der Waals surface area contributed by atoms with Crippen molar-refractivity contribution in [2.45, 2.75) is 0 Å². The largest absolute Gasteiger partial charge is 0.497 e. The average molecular weight is 419 g/mol. The van der Waals surface area contributed by atoms with Crippen molar-refractivity contribution in [1.82, 2.24) is 10.9 Å². The van der Waals surface area contributed by atoms with Gasteiger partial charge in [-0.1, -0.05) is 11.6 Å². The number of methoxy groups -OCH3 is 2. The molecule has 0 aliphatic carbocycles. The molecule has 9 heteroatoms. The lowest BCUT2D eigenvalue weighted by atomic mass is 10.2. The molecule has 0 saturated heterocycles. The molecule has 0 aromatic heterocycles. The first-order chi connectivity index (χ1) is 13.9. The smallest absolute Gasteiger partial charge is 0.331 e. The van der Waals surface area contributed by atoms with E-state index in [1.807, 2.05) is 0 Å². The molecule has 2 rings (SSSR count). The molecule has 2 aromatic carbocycles. The number of carbonyl (C=O) groups is 3. The molecule has 0 saturated carbocycles. The Hall–Kier alpha value is -3.52. The number of rotatable bonds is 7. The van der Waals surface area contributed by atoms with E-state index in [2.05, 4.69) is 10.9 Å². The van der Waals surface area contributed by atoms with Crippen molar-refractivity contribution in [1.29, 1.82) is 0 Å². The maximum atomic E-state index is 11.9. The summed E-state index contributed by atoms with van der Waals surface area (Å²) in [5, 5.41) is 0.484. The second-order valence-corrected chi connectivity index (χ2v) is 5.99. The van der Waals surface area contributed by atoms with Crippen LogP contribution in [-0.2, 0) is 14.3 Å². The third-order valence-corrected chi connectivity index (χ3v) is 3.86. The minimum atomic E-state index is -0.734. The first kappa shape index (κ1) is 21.8. The Bertz CT molecular complexity index is 912. The zero-order valence-corrected chi connectivity index (χ0v) is 16.5. The van der Waals surface area contributed by atoms with Crippen LogP contribution in [0.25, 0.3) is 6.08 Å². The zero-order valence-electron chi connectivity index (χ0n) is 15.7. The fourth-order valence-corrected chi connectivity index (χ4v) is 2.26. The molecular weight excluding hydrogens is 400 g/mol. The first-order valence-electron chi connectivity index (χ1n) is 8.34. The third-order valence-electron chi connectivity index (χ3n) is 3.61. The van der Waals surface area contributed by atoms with E-state index < -0.39 is 24.4 Å². The molecule has 8 nitrogen and oxygen atoms in total. The van der Waals surface area contributed by atoms with E-state index in [9.17, 15) is 14.4 Å². The van der Waals surface area contributed by atoms with E-state index in [0.717, 1.165) is 6.08 Å². The summed E-state index contributed by atoms with van der Waals surface area (Å²) in [6, 6.07) is 11.2. The molecule has 0 atom stereocenters. The lowest BCUT2D eigenvalue weighted by molar-refractivity contribution is -0.144. The zero-order chi connectivity index (χ0) is 21.2. The van der Waals surface area contributed by atoms with Gasteiger partial charge in [0.2, 0.25) is 0 Å². The number of benzene rings is 2. The van der Waals surface area contributed by atoms with Crippen LogP contribution in [-0.4, -0.2) is 38.6 Å². The predicted octanol–water partition coefficient (Wildman–Crippen LogP) is 2.37. The van der Waals surface area contributed by atoms with E-state index in [4.69, 9.17) is 25.8 Å². The van der Waals surface area contributed by atoms with Gasteiger partial charge in [-0.25, -0.2) is 4.79 Å². The highest BCUT2D eigenvalue weighted by atomic mass is 35.5. The van der Waals surface area contributed by atoms with Crippen molar-refractivity contribution in [2.75, 3.05) is 20.8 Å². The van der Waals surface area contributed by atoms with Gasteiger partial charge in [-0.2, -0.15) is 0 Å². The van der Waals surface area contributed by atoms with Crippen LogP contribution >= 0.6 is 11.6 Å². The highest BCUT2D eigenvalue weighted by Crippen LogP contribution is 2.25. The Kier molecular flexibility index (Phi) is 8.05. The summed E-state index contributed by atoms with van der Waals surface area (Å²) in [4.78, 5) is 35.3. The molecule has 0 fully saturated rings. The number of hydrogen-bond donors (Lipinski definition) is 2. The summed E-state index contributed by atoms with van der Waals surface area (Å²) in [5.74, 6) is -0.846. The van der Waals surface area contributed by atoms with Crippen LogP contribution in [0.4, 0.5) is 0 Å². The molecule has 29 heavy (non-hydrogen) atoms. The average Bonchev–Trinajstić information content (AvgIpc) is 2.74. The van der Waals surface area contributed by atoms with Gasteiger partial charge in [-0.05, 0) is 42.5 Å². The standard InChI is InChI=1S/C20H19ClN2O6/c1-27-16-9-5-13(17(11-16)28-2)6-10-19(25)29-12-18(24)22-23-20(26)14-3-7-15(21)8-4-14/h3-11H,12H2,1-2H3,(H,22,24)(H,23,26)/b10-6+. The van der Waals surface area contributed by atoms with Crippen LogP contribution in [0.2, 0.25) is 5.02 Å². The molecule has 2 N–H and O–H groups in total. The van der Waals surface area contributed by atoms with Gasteiger partial charge in [0.25, 0.3) is 11.8 Å². The van der Waals surface area contributed by atoms with Gasteiger partial charge >= 0.3 is 5.97 Å². The Balaban J connectivity index is 1.79. The summed E-state index contributed by atoms with van der Waals surface area (Å²) >= 11 is 5.74. The molecule has 0 aliphatic rings. The van der Waals surface area contributed by atoms with E-state index in [1.54, 1.807) is 30.3 Å². The number of ether oxygens (including phenoxy) is 3. The van der Waals surface area contributed by atoms with Crippen LogP contribution in [0.15, 0.2) is 48.5 Å². The van der Waals surface area contributed by atoms with Crippen molar-refractivity contribution < 1.29 is 28.6 Å². The SMILES string of the molecule is COc1ccc(/C=C/C(=O)OCC(=O)NNC(=O)c2ccc(Cl)cc2)c(OC)c1. The number of carbonyl (C=O) groups excluding carboxylic acids is 3. The van der Waals surface area contributed by atoms with E-state index in [1.165, 1.54) is 32.4 Å². The lowest BCUT2D eigenvalue weighted by Gasteiger charge is -2.08. The van der Waals surface area contributed by atoms with Crippen LogP contribution in [0.5, 0.6) is 11.5 Å². The molecule has 0 bridgehead atoms. The maximum absolute atomic E-state index is 11.9. The number of halogens is 1. The number of nitrogens with one attached hydrogen (secondary N) is 2. The van der Waals surface area contributed by atoms with Crippen LogP contribution < -0.4 is 20.3 Å². The van der Waals surface area contributed by atoms with E-state index in [0.29, 0.717) is 27.6 Å². The van der Waals surface area contributed by atoms with Crippen molar-refractivity contribution in [3.05, 3.63) is 64.7 Å². The fraction of sp³-hybridized carbons (Fsp3) is 0.150. The molecule has 0 spiro atoms.